The van der Waals surface area contributed by atoms with Gasteiger partial charge in [0, 0.05) is 44.3 Å². The van der Waals surface area contributed by atoms with Gasteiger partial charge in [-0.05, 0) is 30.2 Å². The van der Waals surface area contributed by atoms with E-state index in [0.717, 1.165) is 18.4 Å². The highest BCUT2D eigenvalue weighted by molar-refractivity contribution is 7.92. The first-order valence-corrected chi connectivity index (χ1v) is 13.1. The van der Waals surface area contributed by atoms with E-state index in [0.29, 0.717) is 44.2 Å². The fourth-order valence-corrected chi connectivity index (χ4v) is 4.90. The summed E-state index contributed by atoms with van der Waals surface area (Å²) in [4.78, 5) is 37.2. The van der Waals surface area contributed by atoms with Gasteiger partial charge >= 0.3 is 0 Å². The minimum atomic E-state index is -3.40. The smallest absolute Gasteiger partial charge is 0.239 e. The highest BCUT2D eigenvalue weighted by Gasteiger charge is 2.22. The summed E-state index contributed by atoms with van der Waals surface area (Å²) in [5, 5.41) is 2.62. The van der Waals surface area contributed by atoms with Crippen molar-refractivity contribution in [3.63, 3.8) is 0 Å². The van der Waals surface area contributed by atoms with Crippen LogP contribution in [0.5, 0.6) is 0 Å². The second kappa shape index (κ2) is 11.7. The van der Waals surface area contributed by atoms with Gasteiger partial charge in [-0.25, -0.2) is 18.4 Å². The van der Waals surface area contributed by atoms with Crippen molar-refractivity contribution in [1.82, 2.24) is 14.9 Å². The molecule has 33 heavy (non-hydrogen) atoms. The van der Waals surface area contributed by atoms with Gasteiger partial charge < -0.3 is 15.1 Å². The predicted octanol–water partition coefficient (Wildman–Crippen LogP) is 1.91. The maximum absolute atomic E-state index is 12.7. The van der Waals surface area contributed by atoms with Crippen molar-refractivity contribution >= 4 is 33.3 Å². The monoisotopic (exact) mass is 473 g/mol. The first-order valence-electron chi connectivity index (χ1n) is 11.3. The van der Waals surface area contributed by atoms with Gasteiger partial charge in [0.1, 0.15) is 5.75 Å². The number of sulfone groups is 1. The zero-order valence-corrected chi connectivity index (χ0v) is 19.8. The Hall–Kier alpha value is -3.01. The Labute approximate surface area is 195 Å². The first kappa shape index (κ1) is 24.6. The van der Waals surface area contributed by atoms with Gasteiger partial charge in [-0.2, -0.15) is 0 Å². The van der Waals surface area contributed by atoms with Crippen LogP contribution in [0.3, 0.4) is 0 Å². The van der Waals surface area contributed by atoms with Gasteiger partial charge in [-0.1, -0.05) is 31.9 Å². The van der Waals surface area contributed by atoms with Gasteiger partial charge in [-0.3, -0.25) is 9.59 Å². The topological polar surface area (TPSA) is 113 Å². The average Bonchev–Trinajstić information content (AvgIpc) is 2.80. The number of carbonyl (C=O) groups is 2. The van der Waals surface area contributed by atoms with Crippen LogP contribution in [-0.4, -0.2) is 72.8 Å². The lowest BCUT2D eigenvalue weighted by molar-refractivity contribution is -0.130. The molecule has 1 aromatic carbocycles. The summed E-state index contributed by atoms with van der Waals surface area (Å²) in [6.45, 7) is 4.58. The number of nitrogens with one attached hydrogen (secondary N) is 1. The van der Waals surface area contributed by atoms with Crippen molar-refractivity contribution in [2.45, 2.75) is 32.6 Å². The summed E-state index contributed by atoms with van der Waals surface area (Å²) < 4.78 is 24.0. The number of hydrogen-bond acceptors (Lipinski definition) is 7. The van der Waals surface area contributed by atoms with E-state index in [1.165, 1.54) is 0 Å². The van der Waals surface area contributed by atoms with Gasteiger partial charge in [0.25, 0.3) is 0 Å². The van der Waals surface area contributed by atoms with Crippen LogP contribution >= 0.6 is 0 Å². The summed E-state index contributed by atoms with van der Waals surface area (Å²) in [6.07, 6.45) is 6.01. The van der Waals surface area contributed by atoms with E-state index >= 15 is 0 Å². The molecule has 0 atom stereocenters. The number of anilines is 2. The van der Waals surface area contributed by atoms with E-state index in [4.69, 9.17) is 0 Å². The summed E-state index contributed by atoms with van der Waals surface area (Å²) in [6, 6.07) is 8.70. The standard InChI is InChI=1S/C23H31N5O4S/c1-2-3-4-16-33(31,32)18-21(29)26-20-8-6-19(7-9-20)17-22(30)27-12-14-28(15-13-27)23-24-10-5-11-25-23/h5-11H,2-4,12-18H2,1H3,(H,26,29). The Bertz CT molecular complexity index is 1020. The molecule has 3 rings (SSSR count). The minimum absolute atomic E-state index is 0.0297. The number of unbranched alkanes of at least 4 members (excludes halogenated alkanes) is 2. The van der Waals surface area contributed by atoms with Gasteiger partial charge in [-0.15, -0.1) is 0 Å². The Balaban J connectivity index is 1.44. The maximum atomic E-state index is 12.7. The average molecular weight is 474 g/mol. The Morgan fingerprint density at radius 1 is 1.00 bits per heavy atom. The number of carbonyl (C=O) groups excluding carboxylic acids is 2. The van der Waals surface area contributed by atoms with Crippen molar-refractivity contribution in [2.24, 2.45) is 0 Å². The molecule has 0 saturated carbocycles. The molecule has 0 spiro atoms. The molecule has 1 aliphatic heterocycles. The third kappa shape index (κ3) is 7.81. The fraction of sp³-hybridized carbons (Fsp3) is 0.478. The molecule has 1 N–H and O–H groups in total. The lowest BCUT2D eigenvalue weighted by Crippen LogP contribution is -2.49. The van der Waals surface area contributed by atoms with Crippen LogP contribution in [0.4, 0.5) is 11.6 Å². The third-order valence-corrected chi connectivity index (χ3v) is 7.08. The summed E-state index contributed by atoms with van der Waals surface area (Å²) >= 11 is 0. The van der Waals surface area contributed by atoms with E-state index in [2.05, 4.69) is 20.2 Å². The molecule has 0 bridgehead atoms. The molecular weight excluding hydrogens is 442 g/mol. The molecule has 2 heterocycles. The van der Waals surface area contributed by atoms with E-state index in [1.807, 2.05) is 11.8 Å². The Kier molecular flexibility index (Phi) is 8.76. The number of amides is 2. The maximum Gasteiger partial charge on any atom is 0.239 e. The molecule has 0 unspecified atom stereocenters. The van der Waals surface area contributed by atoms with Gasteiger partial charge in [0.2, 0.25) is 17.8 Å². The normalized spacial score (nSPS) is 14.2. The molecule has 178 valence electrons. The number of hydrogen-bond donors (Lipinski definition) is 1. The zero-order valence-electron chi connectivity index (χ0n) is 18.9. The van der Waals surface area contributed by atoms with Crippen LogP contribution in [0.15, 0.2) is 42.7 Å². The molecule has 0 aliphatic carbocycles. The summed E-state index contributed by atoms with van der Waals surface area (Å²) in [7, 11) is -3.40. The minimum Gasteiger partial charge on any atom is -0.339 e. The molecule has 2 aromatic rings. The van der Waals surface area contributed by atoms with Gasteiger partial charge in [0.15, 0.2) is 9.84 Å². The van der Waals surface area contributed by atoms with Crippen LogP contribution in [0.2, 0.25) is 0 Å². The SMILES string of the molecule is CCCCCS(=O)(=O)CC(=O)Nc1ccc(CC(=O)N2CCN(c3ncccn3)CC2)cc1. The lowest BCUT2D eigenvalue weighted by Gasteiger charge is -2.34. The lowest BCUT2D eigenvalue weighted by atomic mass is 10.1. The van der Waals surface area contributed by atoms with Crippen LogP contribution in [-0.2, 0) is 25.8 Å². The molecule has 1 fully saturated rings. The Morgan fingerprint density at radius 3 is 2.30 bits per heavy atom. The van der Waals surface area contributed by atoms with Crippen molar-refractivity contribution in [2.75, 3.05) is 47.9 Å². The van der Waals surface area contributed by atoms with E-state index in [-0.39, 0.29) is 18.1 Å². The number of benzene rings is 1. The number of nitrogens with zero attached hydrogens (tertiary/aromatic N) is 4. The van der Waals surface area contributed by atoms with Gasteiger partial charge in [0.05, 0.1) is 12.2 Å². The van der Waals surface area contributed by atoms with Crippen molar-refractivity contribution in [3.05, 3.63) is 48.3 Å². The molecule has 10 heteroatoms. The van der Waals surface area contributed by atoms with Crippen molar-refractivity contribution in [3.8, 4) is 0 Å². The first-order chi connectivity index (χ1) is 15.9. The van der Waals surface area contributed by atoms with Crippen molar-refractivity contribution in [1.29, 1.82) is 0 Å². The number of rotatable bonds is 10. The van der Waals surface area contributed by atoms with Crippen LogP contribution < -0.4 is 10.2 Å². The largest absolute Gasteiger partial charge is 0.339 e. The molecule has 1 aliphatic rings. The van der Waals surface area contributed by atoms with E-state index < -0.39 is 21.5 Å². The highest BCUT2D eigenvalue weighted by atomic mass is 32.2. The van der Waals surface area contributed by atoms with E-state index in [1.54, 1.807) is 42.7 Å². The molecule has 2 amide bonds. The number of aromatic nitrogens is 2. The predicted molar refractivity (Wildman–Crippen MR) is 128 cm³/mol. The summed E-state index contributed by atoms with van der Waals surface area (Å²) in [5.74, 6) is -0.316. The van der Waals surface area contributed by atoms with Crippen molar-refractivity contribution < 1.29 is 18.0 Å². The van der Waals surface area contributed by atoms with E-state index in [9.17, 15) is 18.0 Å². The molecule has 1 aromatic heterocycles. The van der Waals surface area contributed by atoms with Crippen LogP contribution in [0.1, 0.15) is 31.7 Å². The number of piperazine rings is 1. The second-order valence-corrected chi connectivity index (χ2v) is 10.3. The molecule has 9 nitrogen and oxygen atoms in total. The quantitative estimate of drug-likeness (QED) is 0.525. The molecule has 1 saturated heterocycles. The van der Waals surface area contributed by atoms with Crippen LogP contribution in [0, 0.1) is 0 Å². The second-order valence-electron chi connectivity index (χ2n) is 8.14. The third-order valence-electron chi connectivity index (χ3n) is 5.47. The Morgan fingerprint density at radius 2 is 1.67 bits per heavy atom. The molecular formula is C23H31N5O4S. The van der Waals surface area contributed by atoms with Crippen LogP contribution in [0.25, 0.3) is 0 Å². The highest BCUT2D eigenvalue weighted by Crippen LogP contribution is 2.14. The molecule has 0 radical (unpaired) electrons. The fourth-order valence-electron chi connectivity index (χ4n) is 3.64. The summed E-state index contributed by atoms with van der Waals surface area (Å²) in [5.41, 5.74) is 1.34. The zero-order chi connectivity index (χ0) is 23.7.